The van der Waals surface area contributed by atoms with E-state index in [-0.39, 0.29) is 0 Å². The van der Waals surface area contributed by atoms with Crippen molar-refractivity contribution in [2.45, 2.75) is 6.92 Å². The van der Waals surface area contributed by atoms with Gasteiger partial charge in [0, 0.05) is 17.6 Å². The van der Waals surface area contributed by atoms with E-state index in [1.54, 1.807) is 24.4 Å². The molecule has 0 spiro atoms. The summed E-state index contributed by atoms with van der Waals surface area (Å²) in [6, 6.07) is 4.98. The van der Waals surface area contributed by atoms with Crippen molar-refractivity contribution < 1.29 is 4.74 Å². The standard InChI is InChI=1S/C13H11Cl2N5O/c1-2-16-13-18-11-8(6-17-20-11)12(19-13)21-10-5-7(14)3-4-9(10)15/h3-6H,2H2,1H3,(H2,16,17,18,19,20). The lowest BCUT2D eigenvalue weighted by Gasteiger charge is -2.09. The first-order valence-electron chi connectivity index (χ1n) is 6.25. The molecule has 108 valence electrons. The quantitative estimate of drug-likeness (QED) is 0.761. The second-order valence-corrected chi connectivity index (χ2v) is 5.04. The first kappa shape index (κ1) is 13.9. The fourth-order valence-electron chi connectivity index (χ4n) is 1.78. The monoisotopic (exact) mass is 323 g/mol. The van der Waals surface area contributed by atoms with Gasteiger partial charge in [-0.1, -0.05) is 23.2 Å². The minimum atomic E-state index is 0.355. The maximum absolute atomic E-state index is 6.11. The van der Waals surface area contributed by atoms with Crippen LogP contribution in [0.15, 0.2) is 24.4 Å². The minimum absolute atomic E-state index is 0.355. The van der Waals surface area contributed by atoms with E-state index in [4.69, 9.17) is 27.9 Å². The molecule has 2 N–H and O–H groups in total. The number of fused-ring (bicyclic) bond motifs is 1. The van der Waals surface area contributed by atoms with E-state index in [2.05, 4.69) is 25.5 Å². The second-order valence-electron chi connectivity index (χ2n) is 4.19. The number of nitrogens with one attached hydrogen (secondary N) is 2. The zero-order valence-corrected chi connectivity index (χ0v) is 12.5. The van der Waals surface area contributed by atoms with Crippen LogP contribution in [0, 0.1) is 0 Å². The molecule has 0 radical (unpaired) electrons. The fourth-order valence-corrected chi connectivity index (χ4v) is 2.10. The Balaban J connectivity index is 2.06. The Bertz CT molecular complexity index is 789. The van der Waals surface area contributed by atoms with Crippen molar-refractivity contribution >= 4 is 40.2 Å². The molecule has 0 aliphatic carbocycles. The summed E-state index contributed by atoms with van der Waals surface area (Å²) in [4.78, 5) is 8.61. The Labute approximate surface area is 130 Å². The molecule has 0 bridgehead atoms. The van der Waals surface area contributed by atoms with Crippen LogP contribution in [0.2, 0.25) is 10.0 Å². The van der Waals surface area contributed by atoms with Gasteiger partial charge in [-0.25, -0.2) is 0 Å². The predicted molar refractivity (Wildman–Crippen MR) is 82.4 cm³/mol. The lowest BCUT2D eigenvalue weighted by Crippen LogP contribution is -2.03. The van der Waals surface area contributed by atoms with Crippen molar-refractivity contribution in [3.8, 4) is 11.6 Å². The van der Waals surface area contributed by atoms with Crippen molar-refractivity contribution in [2.24, 2.45) is 0 Å². The van der Waals surface area contributed by atoms with Crippen LogP contribution in [0.1, 0.15) is 6.92 Å². The van der Waals surface area contributed by atoms with Crippen molar-refractivity contribution in [2.75, 3.05) is 11.9 Å². The molecule has 0 atom stereocenters. The summed E-state index contributed by atoms with van der Waals surface area (Å²) < 4.78 is 5.78. The summed E-state index contributed by atoms with van der Waals surface area (Å²) in [7, 11) is 0. The van der Waals surface area contributed by atoms with Crippen molar-refractivity contribution in [1.29, 1.82) is 0 Å². The van der Waals surface area contributed by atoms with Crippen LogP contribution >= 0.6 is 23.2 Å². The molecule has 21 heavy (non-hydrogen) atoms. The topological polar surface area (TPSA) is 75.7 Å². The Morgan fingerprint density at radius 2 is 2.14 bits per heavy atom. The van der Waals surface area contributed by atoms with Crippen LogP contribution in [0.3, 0.4) is 0 Å². The zero-order valence-electron chi connectivity index (χ0n) is 11.0. The van der Waals surface area contributed by atoms with Gasteiger partial charge in [-0.3, -0.25) is 5.10 Å². The molecule has 3 aromatic rings. The van der Waals surface area contributed by atoms with E-state index in [1.165, 1.54) is 0 Å². The van der Waals surface area contributed by atoms with E-state index in [0.29, 0.717) is 45.2 Å². The molecule has 0 saturated carbocycles. The minimum Gasteiger partial charge on any atom is -0.436 e. The molecule has 0 fully saturated rings. The highest BCUT2D eigenvalue weighted by molar-refractivity contribution is 6.34. The lowest BCUT2D eigenvalue weighted by atomic mass is 10.3. The highest BCUT2D eigenvalue weighted by Crippen LogP contribution is 2.33. The van der Waals surface area contributed by atoms with E-state index < -0.39 is 0 Å². The summed E-state index contributed by atoms with van der Waals surface area (Å²) in [5, 5.41) is 11.4. The van der Waals surface area contributed by atoms with Crippen LogP contribution in [-0.2, 0) is 0 Å². The number of aromatic amines is 1. The number of ether oxygens (including phenoxy) is 1. The van der Waals surface area contributed by atoms with E-state index in [0.717, 1.165) is 0 Å². The third-order valence-corrected chi connectivity index (χ3v) is 3.26. The maximum Gasteiger partial charge on any atom is 0.235 e. The molecule has 0 unspecified atom stereocenters. The first-order valence-corrected chi connectivity index (χ1v) is 7.01. The number of anilines is 1. The van der Waals surface area contributed by atoms with Gasteiger partial charge in [0.2, 0.25) is 11.8 Å². The van der Waals surface area contributed by atoms with Crippen molar-refractivity contribution in [1.82, 2.24) is 20.2 Å². The van der Waals surface area contributed by atoms with Crippen LogP contribution in [0.5, 0.6) is 11.6 Å². The normalized spacial score (nSPS) is 10.8. The molecule has 2 heterocycles. The number of halogens is 2. The van der Waals surface area contributed by atoms with Gasteiger partial charge in [0.05, 0.1) is 11.2 Å². The molecule has 8 heteroatoms. The summed E-state index contributed by atoms with van der Waals surface area (Å²) in [5.41, 5.74) is 0.578. The number of H-pyrrole nitrogens is 1. The molecule has 3 rings (SSSR count). The van der Waals surface area contributed by atoms with Gasteiger partial charge in [-0.15, -0.1) is 0 Å². The molecular weight excluding hydrogens is 313 g/mol. The summed E-state index contributed by atoms with van der Waals surface area (Å²) in [6.45, 7) is 2.64. The smallest absolute Gasteiger partial charge is 0.235 e. The van der Waals surface area contributed by atoms with Gasteiger partial charge in [-0.05, 0) is 19.1 Å². The lowest BCUT2D eigenvalue weighted by molar-refractivity contribution is 0.469. The van der Waals surface area contributed by atoms with Gasteiger partial charge >= 0.3 is 0 Å². The zero-order chi connectivity index (χ0) is 14.8. The average molecular weight is 324 g/mol. The molecule has 0 aliphatic rings. The van der Waals surface area contributed by atoms with E-state index >= 15 is 0 Å². The van der Waals surface area contributed by atoms with Crippen molar-refractivity contribution in [3.63, 3.8) is 0 Å². The third-order valence-electron chi connectivity index (χ3n) is 2.71. The molecule has 2 aromatic heterocycles. The first-order chi connectivity index (χ1) is 10.2. The summed E-state index contributed by atoms with van der Waals surface area (Å²) in [5.74, 6) is 1.23. The SMILES string of the molecule is CCNc1nc(Oc2cc(Cl)ccc2Cl)c2cn[nH]c2n1. The summed E-state index contributed by atoms with van der Waals surface area (Å²) in [6.07, 6.45) is 1.60. The Hall–Kier alpha value is -2.05. The Kier molecular flexibility index (Phi) is 3.81. The van der Waals surface area contributed by atoms with Gasteiger partial charge in [0.25, 0.3) is 0 Å². The highest BCUT2D eigenvalue weighted by atomic mass is 35.5. The van der Waals surface area contributed by atoms with Gasteiger partial charge in [0.15, 0.2) is 5.65 Å². The molecule has 0 saturated heterocycles. The Morgan fingerprint density at radius 3 is 2.95 bits per heavy atom. The van der Waals surface area contributed by atoms with E-state index in [1.807, 2.05) is 6.92 Å². The Morgan fingerprint density at radius 1 is 1.29 bits per heavy atom. The van der Waals surface area contributed by atoms with Crippen LogP contribution in [0.25, 0.3) is 11.0 Å². The molecule has 0 amide bonds. The number of rotatable bonds is 4. The number of aromatic nitrogens is 4. The number of benzene rings is 1. The second kappa shape index (κ2) is 5.75. The van der Waals surface area contributed by atoms with Gasteiger partial charge in [-0.2, -0.15) is 15.1 Å². The number of nitrogens with zero attached hydrogens (tertiary/aromatic N) is 3. The fraction of sp³-hybridized carbons (Fsp3) is 0.154. The molecular formula is C13H11Cl2N5O. The van der Waals surface area contributed by atoms with Crippen LogP contribution in [0.4, 0.5) is 5.95 Å². The highest BCUT2D eigenvalue weighted by Gasteiger charge is 2.13. The molecule has 0 aliphatic heterocycles. The number of hydrogen-bond donors (Lipinski definition) is 2. The third kappa shape index (κ3) is 2.86. The average Bonchev–Trinajstić information content (AvgIpc) is 2.92. The summed E-state index contributed by atoms with van der Waals surface area (Å²) >= 11 is 12.1. The van der Waals surface area contributed by atoms with Gasteiger partial charge < -0.3 is 10.1 Å². The molecule has 6 nitrogen and oxygen atoms in total. The number of hydrogen-bond acceptors (Lipinski definition) is 5. The van der Waals surface area contributed by atoms with Gasteiger partial charge in [0.1, 0.15) is 11.1 Å². The van der Waals surface area contributed by atoms with Crippen LogP contribution in [-0.4, -0.2) is 26.7 Å². The maximum atomic E-state index is 6.11. The predicted octanol–water partition coefficient (Wildman–Crippen LogP) is 3.88. The van der Waals surface area contributed by atoms with Crippen LogP contribution < -0.4 is 10.1 Å². The molecule has 1 aromatic carbocycles. The van der Waals surface area contributed by atoms with E-state index in [9.17, 15) is 0 Å². The largest absolute Gasteiger partial charge is 0.436 e. The van der Waals surface area contributed by atoms with Crippen molar-refractivity contribution in [3.05, 3.63) is 34.4 Å².